The first kappa shape index (κ1) is 17.1. The molecule has 6 heteroatoms. The Bertz CT molecular complexity index is 610. The molecule has 1 aliphatic rings. The van der Waals surface area contributed by atoms with Crippen LogP contribution in [0.5, 0.6) is 11.5 Å². The number of amides is 1. The van der Waals surface area contributed by atoms with E-state index in [-0.39, 0.29) is 5.91 Å². The molecule has 0 aliphatic carbocycles. The summed E-state index contributed by atoms with van der Waals surface area (Å²) in [5.41, 5.74) is 0.795. The first-order chi connectivity index (χ1) is 11.1. The van der Waals surface area contributed by atoms with Crippen LogP contribution >= 0.6 is 0 Å². The van der Waals surface area contributed by atoms with Crippen molar-refractivity contribution in [2.24, 2.45) is 5.92 Å². The van der Waals surface area contributed by atoms with Crippen LogP contribution in [0.3, 0.4) is 0 Å². The Balaban J connectivity index is 2.09. The summed E-state index contributed by atoms with van der Waals surface area (Å²) in [6.07, 6.45) is 2.33. The smallest absolute Gasteiger partial charge is 0.238 e. The molecule has 2 rings (SSSR count). The summed E-state index contributed by atoms with van der Waals surface area (Å²) in [5, 5.41) is 12.1. The highest BCUT2D eigenvalue weighted by molar-refractivity contribution is 5.94. The molecule has 1 aliphatic heterocycles. The van der Waals surface area contributed by atoms with E-state index in [1.807, 2.05) is 0 Å². The van der Waals surface area contributed by atoms with Crippen molar-refractivity contribution < 1.29 is 14.3 Å². The predicted octanol–water partition coefficient (Wildman–Crippen LogP) is 2.25. The van der Waals surface area contributed by atoms with Crippen LogP contribution in [-0.2, 0) is 4.79 Å². The highest BCUT2D eigenvalue weighted by atomic mass is 16.5. The molecule has 1 aromatic carbocycles. The molecule has 0 bridgehead atoms. The van der Waals surface area contributed by atoms with Gasteiger partial charge in [-0.05, 0) is 25.3 Å². The summed E-state index contributed by atoms with van der Waals surface area (Å²) in [4.78, 5) is 14.4. The minimum Gasteiger partial charge on any atom is -0.493 e. The van der Waals surface area contributed by atoms with Crippen molar-refractivity contribution in [1.82, 2.24) is 4.90 Å². The highest BCUT2D eigenvalue weighted by Crippen LogP contribution is 2.33. The van der Waals surface area contributed by atoms with Gasteiger partial charge in [-0.1, -0.05) is 6.92 Å². The average Bonchev–Trinajstić information content (AvgIpc) is 2.54. The molecule has 0 spiro atoms. The number of carbonyl (C=O) groups is 1. The molecule has 23 heavy (non-hydrogen) atoms. The van der Waals surface area contributed by atoms with Gasteiger partial charge < -0.3 is 14.8 Å². The second-order valence-electron chi connectivity index (χ2n) is 5.90. The fourth-order valence-corrected chi connectivity index (χ4v) is 2.90. The minimum absolute atomic E-state index is 0.122. The minimum atomic E-state index is -0.122. The molecule has 124 valence electrons. The van der Waals surface area contributed by atoms with Crippen LogP contribution in [0, 0.1) is 17.2 Å². The van der Waals surface area contributed by atoms with E-state index in [1.54, 1.807) is 12.1 Å². The van der Waals surface area contributed by atoms with E-state index in [0.29, 0.717) is 35.2 Å². The van der Waals surface area contributed by atoms with E-state index in [1.165, 1.54) is 20.6 Å². The number of benzene rings is 1. The maximum absolute atomic E-state index is 12.3. The number of hydrogen-bond donors (Lipinski definition) is 1. The van der Waals surface area contributed by atoms with Gasteiger partial charge >= 0.3 is 0 Å². The lowest BCUT2D eigenvalue weighted by Crippen LogP contribution is -2.39. The van der Waals surface area contributed by atoms with Crippen molar-refractivity contribution in [1.29, 1.82) is 5.26 Å². The lowest BCUT2D eigenvalue weighted by Gasteiger charge is -2.30. The maximum atomic E-state index is 12.3. The van der Waals surface area contributed by atoms with Crippen LogP contribution in [0.1, 0.15) is 25.3 Å². The zero-order chi connectivity index (χ0) is 16.8. The number of nitrogens with one attached hydrogen (secondary N) is 1. The molecule has 1 aromatic rings. The van der Waals surface area contributed by atoms with Crippen molar-refractivity contribution in [3.8, 4) is 17.6 Å². The van der Waals surface area contributed by atoms with Gasteiger partial charge in [-0.15, -0.1) is 0 Å². The van der Waals surface area contributed by atoms with Crippen LogP contribution in [-0.4, -0.2) is 44.7 Å². The summed E-state index contributed by atoms with van der Waals surface area (Å²) in [5.74, 6) is 1.44. The number of nitrogens with zero attached hydrogens (tertiary/aromatic N) is 2. The van der Waals surface area contributed by atoms with Gasteiger partial charge in [0, 0.05) is 18.7 Å². The third-order valence-electron chi connectivity index (χ3n) is 4.03. The van der Waals surface area contributed by atoms with Gasteiger partial charge in [-0.3, -0.25) is 9.69 Å². The SMILES string of the molecule is COc1cc(C#N)c(NC(=O)CN2CCC[C@@H](C)C2)cc1OC. The van der Waals surface area contributed by atoms with Crippen molar-refractivity contribution >= 4 is 11.6 Å². The summed E-state index contributed by atoms with van der Waals surface area (Å²) >= 11 is 0. The molecule has 6 nitrogen and oxygen atoms in total. The monoisotopic (exact) mass is 317 g/mol. The number of likely N-dealkylation sites (tertiary alicyclic amines) is 1. The largest absolute Gasteiger partial charge is 0.493 e. The standard InChI is InChI=1S/C17H23N3O3/c1-12-5-4-6-20(10-12)11-17(21)19-14-8-16(23-3)15(22-2)7-13(14)9-18/h7-8,12H,4-6,10-11H2,1-3H3,(H,19,21)/t12-/m1/s1. The Hall–Kier alpha value is -2.26. The molecular formula is C17H23N3O3. The van der Waals surface area contributed by atoms with Crippen LogP contribution in [0.25, 0.3) is 0 Å². The van der Waals surface area contributed by atoms with Gasteiger partial charge in [0.05, 0.1) is 32.0 Å². The molecule has 1 atom stereocenters. The molecule has 1 amide bonds. The molecular weight excluding hydrogens is 294 g/mol. The molecule has 1 N–H and O–H groups in total. The molecule has 1 heterocycles. The Morgan fingerprint density at radius 2 is 2.09 bits per heavy atom. The van der Waals surface area contributed by atoms with Gasteiger partial charge in [0.1, 0.15) is 6.07 Å². The fourth-order valence-electron chi connectivity index (χ4n) is 2.90. The van der Waals surface area contributed by atoms with E-state index in [0.717, 1.165) is 19.5 Å². The van der Waals surface area contributed by atoms with E-state index >= 15 is 0 Å². The molecule has 0 radical (unpaired) electrons. The second-order valence-corrected chi connectivity index (χ2v) is 5.90. The van der Waals surface area contributed by atoms with Crippen molar-refractivity contribution in [3.63, 3.8) is 0 Å². The van der Waals surface area contributed by atoms with E-state index in [9.17, 15) is 10.1 Å². The van der Waals surface area contributed by atoms with Crippen molar-refractivity contribution in [2.45, 2.75) is 19.8 Å². The first-order valence-corrected chi connectivity index (χ1v) is 7.75. The summed E-state index contributed by atoms with van der Waals surface area (Å²) in [7, 11) is 3.03. The van der Waals surface area contributed by atoms with E-state index in [2.05, 4.69) is 23.2 Å². The van der Waals surface area contributed by atoms with Gasteiger partial charge in [0.2, 0.25) is 5.91 Å². The number of hydrogen-bond acceptors (Lipinski definition) is 5. The Kier molecular flexibility index (Phi) is 5.83. The third kappa shape index (κ3) is 4.36. The number of rotatable bonds is 5. The van der Waals surface area contributed by atoms with E-state index in [4.69, 9.17) is 9.47 Å². The van der Waals surface area contributed by atoms with Gasteiger partial charge in [0.25, 0.3) is 0 Å². The fraction of sp³-hybridized carbons (Fsp3) is 0.529. The first-order valence-electron chi connectivity index (χ1n) is 7.75. The number of nitriles is 1. The van der Waals surface area contributed by atoms with Gasteiger partial charge in [-0.25, -0.2) is 0 Å². The number of carbonyl (C=O) groups excluding carboxylic acids is 1. The van der Waals surface area contributed by atoms with Crippen LogP contribution < -0.4 is 14.8 Å². The Labute approximate surface area is 137 Å². The number of ether oxygens (including phenoxy) is 2. The van der Waals surface area contributed by atoms with Gasteiger partial charge in [-0.2, -0.15) is 5.26 Å². The zero-order valence-electron chi connectivity index (χ0n) is 13.9. The number of piperidine rings is 1. The normalized spacial score (nSPS) is 18.1. The quantitative estimate of drug-likeness (QED) is 0.901. The molecule has 0 unspecified atom stereocenters. The molecule has 1 saturated heterocycles. The summed E-state index contributed by atoms with van der Waals surface area (Å²) in [6.45, 7) is 4.41. The van der Waals surface area contributed by atoms with Gasteiger partial charge in [0.15, 0.2) is 11.5 Å². The number of methoxy groups -OCH3 is 2. The molecule has 1 fully saturated rings. The third-order valence-corrected chi connectivity index (χ3v) is 4.03. The predicted molar refractivity (Wildman–Crippen MR) is 87.7 cm³/mol. The van der Waals surface area contributed by atoms with Crippen LogP contribution in [0.15, 0.2) is 12.1 Å². The highest BCUT2D eigenvalue weighted by Gasteiger charge is 2.19. The summed E-state index contributed by atoms with van der Waals surface area (Å²) < 4.78 is 10.4. The Morgan fingerprint density at radius 3 is 2.70 bits per heavy atom. The molecule has 0 saturated carbocycles. The lowest BCUT2D eigenvalue weighted by atomic mass is 10.0. The average molecular weight is 317 g/mol. The molecule has 0 aromatic heterocycles. The van der Waals surface area contributed by atoms with Crippen LogP contribution in [0.4, 0.5) is 5.69 Å². The van der Waals surface area contributed by atoms with E-state index < -0.39 is 0 Å². The lowest BCUT2D eigenvalue weighted by molar-refractivity contribution is -0.117. The Morgan fingerprint density at radius 1 is 1.39 bits per heavy atom. The second kappa shape index (κ2) is 7.84. The zero-order valence-corrected chi connectivity index (χ0v) is 13.9. The van der Waals surface area contributed by atoms with Crippen molar-refractivity contribution in [3.05, 3.63) is 17.7 Å². The topological polar surface area (TPSA) is 74.6 Å². The van der Waals surface area contributed by atoms with Crippen molar-refractivity contribution in [2.75, 3.05) is 39.2 Å². The summed E-state index contributed by atoms with van der Waals surface area (Å²) in [6, 6.07) is 5.26. The van der Waals surface area contributed by atoms with Crippen LogP contribution in [0.2, 0.25) is 0 Å². The number of anilines is 1. The maximum Gasteiger partial charge on any atom is 0.238 e.